The first-order valence-electron chi connectivity index (χ1n) is 7.59. The van der Waals surface area contributed by atoms with Crippen LogP contribution in [-0.4, -0.2) is 51.9 Å². The Hall–Kier alpha value is -0.820. The van der Waals surface area contributed by atoms with E-state index < -0.39 is 9.84 Å². The van der Waals surface area contributed by atoms with Gasteiger partial charge in [-0.05, 0) is 36.6 Å². The van der Waals surface area contributed by atoms with Crippen molar-refractivity contribution in [3.63, 3.8) is 0 Å². The van der Waals surface area contributed by atoms with Crippen LogP contribution in [0.2, 0.25) is 0 Å². The van der Waals surface area contributed by atoms with Gasteiger partial charge in [-0.15, -0.1) is 12.4 Å². The Morgan fingerprint density at radius 1 is 1.39 bits per heavy atom. The molecule has 0 spiro atoms. The summed E-state index contributed by atoms with van der Waals surface area (Å²) in [5.41, 5.74) is 6.26. The number of piperidine rings is 1. The van der Waals surface area contributed by atoms with Crippen molar-refractivity contribution in [3.8, 4) is 5.75 Å². The molecule has 1 fully saturated rings. The van der Waals surface area contributed by atoms with Gasteiger partial charge in [0, 0.05) is 25.4 Å². The van der Waals surface area contributed by atoms with Crippen LogP contribution in [0.15, 0.2) is 29.2 Å². The lowest BCUT2D eigenvalue weighted by molar-refractivity contribution is 0.0831. The molecule has 1 aromatic rings. The lowest BCUT2D eigenvalue weighted by Gasteiger charge is -2.42. The molecular weight excluding hydrogens is 336 g/mol. The van der Waals surface area contributed by atoms with Gasteiger partial charge in [-0.3, -0.25) is 4.90 Å². The minimum absolute atomic E-state index is 0. The van der Waals surface area contributed by atoms with E-state index in [4.69, 9.17) is 10.5 Å². The van der Waals surface area contributed by atoms with E-state index in [9.17, 15) is 8.42 Å². The Morgan fingerprint density at radius 3 is 2.70 bits per heavy atom. The summed E-state index contributed by atoms with van der Waals surface area (Å²) in [6, 6.07) is 6.89. The van der Waals surface area contributed by atoms with Crippen LogP contribution in [-0.2, 0) is 9.84 Å². The summed E-state index contributed by atoms with van der Waals surface area (Å²) in [6.45, 7) is 7.69. The van der Waals surface area contributed by atoms with Gasteiger partial charge in [0.1, 0.15) is 12.4 Å². The Kier molecular flexibility index (Phi) is 6.89. The van der Waals surface area contributed by atoms with Crippen molar-refractivity contribution in [1.29, 1.82) is 0 Å². The van der Waals surface area contributed by atoms with Gasteiger partial charge >= 0.3 is 0 Å². The van der Waals surface area contributed by atoms with Crippen molar-refractivity contribution in [3.05, 3.63) is 24.3 Å². The van der Waals surface area contributed by atoms with Crippen LogP contribution in [0, 0.1) is 5.41 Å². The van der Waals surface area contributed by atoms with E-state index in [-0.39, 0.29) is 28.8 Å². The van der Waals surface area contributed by atoms with E-state index in [1.54, 1.807) is 24.3 Å². The number of likely N-dealkylation sites (tertiary alicyclic amines) is 1. The SMILES string of the molecule is CC1(C)CN(CCOc2cccc(S(C)(=O)=O)c2)CCC1N.Cl. The summed E-state index contributed by atoms with van der Waals surface area (Å²) in [4.78, 5) is 2.64. The molecule has 23 heavy (non-hydrogen) atoms. The molecule has 0 aromatic heterocycles. The topological polar surface area (TPSA) is 72.6 Å². The number of nitrogens with zero attached hydrogens (tertiary/aromatic N) is 1. The van der Waals surface area contributed by atoms with Gasteiger partial charge in [-0.2, -0.15) is 0 Å². The quantitative estimate of drug-likeness (QED) is 0.866. The summed E-state index contributed by atoms with van der Waals surface area (Å²) in [5, 5.41) is 0. The van der Waals surface area contributed by atoms with E-state index in [1.807, 2.05) is 0 Å². The first-order valence-corrected chi connectivity index (χ1v) is 9.48. The van der Waals surface area contributed by atoms with Gasteiger partial charge in [-0.25, -0.2) is 8.42 Å². The van der Waals surface area contributed by atoms with Crippen LogP contribution < -0.4 is 10.5 Å². The van der Waals surface area contributed by atoms with Gasteiger partial charge in [-0.1, -0.05) is 19.9 Å². The molecule has 1 saturated heterocycles. The average Bonchev–Trinajstić information content (AvgIpc) is 2.42. The van der Waals surface area contributed by atoms with Gasteiger partial charge in [0.25, 0.3) is 0 Å². The maximum atomic E-state index is 11.5. The Labute approximate surface area is 145 Å². The normalized spacial score (nSPS) is 21.5. The molecule has 0 amide bonds. The summed E-state index contributed by atoms with van der Waals surface area (Å²) in [5.74, 6) is 0.593. The minimum atomic E-state index is -3.20. The molecule has 2 rings (SSSR count). The molecular formula is C16H27ClN2O3S. The number of benzene rings is 1. The summed E-state index contributed by atoms with van der Waals surface area (Å²) >= 11 is 0. The monoisotopic (exact) mass is 362 g/mol. The number of halogens is 1. The molecule has 7 heteroatoms. The van der Waals surface area contributed by atoms with Crippen molar-refractivity contribution >= 4 is 22.2 Å². The molecule has 0 saturated carbocycles. The van der Waals surface area contributed by atoms with Gasteiger partial charge in [0.2, 0.25) is 0 Å². The number of nitrogens with two attached hydrogens (primary N) is 1. The molecule has 0 aliphatic carbocycles. The zero-order valence-corrected chi connectivity index (χ0v) is 15.6. The largest absolute Gasteiger partial charge is 0.492 e. The number of ether oxygens (including phenoxy) is 1. The van der Waals surface area contributed by atoms with E-state index in [1.165, 1.54) is 6.26 Å². The number of hydrogen-bond acceptors (Lipinski definition) is 5. The predicted octanol–water partition coefficient (Wildman–Crippen LogP) is 1.95. The summed E-state index contributed by atoms with van der Waals surface area (Å²) in [7, 11) is -3.20. The molecule has 1 unspecified atom stereocenters. The molecule has 0 radical (unpaired) electrons. The number of hydrogen-bond donors (Lipinski definition) is 1. The van der Waals surface area contributed by atoms with Crippen molar-refractivity contribution in [1.82, 2.24) is 4.90 Å². The van der Waals surface area contributed by atoms with Crippen LogP contribution in [0.25, 0.3) is 0 Å². The van der Waals surface area contributed by atoms with E-state index in [0.717, 1.165) is 26.1 Å². The third-order valence-electron chi connectivity index (χ3n) is 4.30. The lowest BCUT2D eigenvalue weighted by Crippen LogP contribution is -2.53. The molecule has 132 valence electrons. The molecule has 1 aromatic carbocycles. The van der Waals surface area contributed by atoms with Gasteiger partial charge < -0.3 is 10.5 Å². The van der Waals surface area contributed by atoms with Crippen LogP contribution in [0.5, 0.6) is 5.75 Å². The van der Waals surface area contributed by atoms with E-state index >= 15 is 0 Å². The van der Waals surface area contributed by atoms with E-state index in [2.05, 4.69) is 18.7 Å². The highest BCUT2D eigenvalue weighted by molar-refractivity contribution is 7.90. The molecule has 2 N–H and O–H groups in total. The summed E-state index contributed by atoms with van der Waals surface area (Å²) < 4.78 is 28.8. The Morgan fingerprint density at radius 2 is 2.09 bits per heavy atom. The predicted molar refractivity (Wildman–Crippen MR) is 95.1 cm³/mol. The van der Waals surface area contributed by atoms with E-state index in [0.29, 0.717) is 12.4 Å². The molecule has 1 atom stereocenters. The van der Waals surface area contributed by atoms with Gasteiger partial charge in [0.15, 0.2) is 9.84 Å². The molecule has 1 heterocycles. The first-order chi connectivity index (χ1) is 10.2. The second-order valence-electron chi connectivity index (χ2n) is 6.76. The Balaban J connectivity index is 0.00000264. The average molecular weight is 363 g/mol. The highest BCUT2D eigenvalue weighted by atomic mass is 35.5. The lowest BCUT2D eigenvalue weighted by atomic mass is 9.80. The Bertz CT molecular complexity index is 620. The third-order valence-corrected chi connectivity index (χ3v) is 5.41. The zero-order chi connectivity index (χ0) is 16.4. The van der Waals surface area contributed by atoms with Crippen LogP contribution in [0.3, 0.4) is 0 Å². The molecule has 5 nitrogen and oxygen atoms in total. The number of rotatable bonds is 5. The molecule has 1 aliphatic heterocycles. The maximum absolute atomic E-state index is 11.5. The van der Waals surface area contributed by atoms with Crippen molar-refractivity contribution in [2.45, 2.75) is 31.2 Å². The smallest absolute Gasteiger partial charge is 0.175 e. The maximum Gasteiger partial charge on any atom is 0.175 e. The fourth-order valence-electron chi connectivity index (χ4n) is 2.76. The molecule has 1 aliphatic rings. The fraction of sp³-hybridized carbons (Fsp3) is 0.625. The highest BCUT2D eigenvalue weighted by Gasteiger charge is 2.33. The number of sulfone groups is 1. The van der Waals surface area contributed by atoms with Crippen LogP contribution in [0.1, 0.15) is 20.3 Å². The van der Waals surface area contributed by atoms with Gasteiger partial charge in [0.05, 0.1) is 4.90 Å². The van der Waals surface area contributed by atoms with Crippen molar-refractivity contribution < 1.29 is 13.2 Å². The third kappa shape index (κ3) is 5.64. The fourth-order valence-corrected chi connectivity index (χ4v) is 3.42. The molecule has 0 bridgehead atoms. The summed E-state index contributed by atoms with van der Waals surface area (Å²) in [6.07, 6.45) is 2.20. The van der Waals surface area contributed by atoms with Crippen molar-refractivity contribution in [2.75, 3.05) is 32.5 Å². The highest BCUT2D eigenvalue weighted by Crippen LogP contribution is 2.27. The standard InChI is InChI=1S/C16H26N2O3S.ClH/c1-16(2)12-18(8-7-15(16)17)9-10-21-13-5-4-6-14(11-13)22(3,19)20;/h4-6,11,15H,7-10,12,17H2,1-3H3;1H. The van der Waals surface area contributed by atoms with Crippen LogP contribution >= 0.6 is 12.4 Å². The van der Waals surface area contributed by atoms with Crippen LogP contribution in [0.4, 0.5) is 0 Å². The zero-order valence-electron chi connectivity index (χ0n) is 14.0. The van der Waals surface area contributed by atoms with Crippen molar-refractivity contribution in [2.24, 2.45) is 11.1 Å². The minimum Gasteiger partial charge on any atom is -0.492 e. The first kappa shape index (κ1) is 20.2. The second kappa shape index (κ2) is 7.83. The second-order valence-corrected chi connectivity index (χ2v) is 8.77.